The fourth-order valence-corrected chi connectivity index (χ4v) is 2.22. The second-order valence-electron chi connectivity index (χ2n) is 4.05. The Hall–Kier alpha value is -1.26. The average Bonchev–Trinajstić information content (AvgIpc) is 2.24. The van der Waals surface area contributed by atoms with Crippen molar-refractivity contribution < 1.29 is 15.3 Å². The van der Waals surface area contributed by atoms with Crippen molar-refractivity contribution in [3.05, 3.63) is 23.3 Å². The molecule has 82 valence electrons. The van der Waals surface area contributed by atoms with Crippen LogP contribution in [0.2, 0.25) is 0 Å². The van der Waals surface area contributed by atoms with Crippen LogP contribution in [0.25, 0.3) is 0 Å². The molecule has 4 heteroatoms. The van der Waals surface area contributed by atoms with E-state index in [0.717, 1.165) is 6.42 Å². The first-order chi connectivity index (χ1) is 7.08. The van der Waals surface area contributed by atoms with Crippen molar-refractivity contribution in [2.24, 2.45) is 5.73 Å². The maximum Gasteiger partial charge on any atom is 0.161 e. The molecule has 1 atom stereocenters. The number of phenolic OH excluding ortho intramolecular Hbond substituents is 2. The zero-order valence-electron chi connectivity index (χ0n) is 8.40. The Labute approximate surface area is 88.0 Å². The highest BCUT2D eigenvalue weighted by Gasteiger charge is 2.34. The van der Waals surface area contributed by atoms with E-state index in [1.54, 1.807) is 6.07 Å². The molecule has 0 radical (unpaired) electrons. The van der Waals surface area contributed by atoms with Crippen molar-refractivity contribution in [2.75, 3.05) is 6.54 Å². The van der Waals surface area contributed by atoms with E-state index >= 15 is 0 Å². The van der Waals surface area contributed by atoms with Crippen LogP contribution in [0.4, 0.5) is 0 Å². The molecule has 5 N–H and O–H groups in total. The van der Waals surface area contributed by atoms with Gasteiger partial charge in [0.2, 0.25) is 0 Å². The van der Waals surface area contributed by atoms with Crippen LogP contribution in [-0.4, -0.2) is 21.9 Å². The molecule has 0 amide bonds. The molecule has 0 bridgehead atoms. The molecule has 2 rings (SSSR count). The van der Waals surface area contributed by atoms with E-state index in [1.807, 2.05) is 0 Å². The fourth-order valence-electron chi connectivity index (χ4n) is 2.22. The smallest absolute Gasteiger partial charge is 0.161 e. The molecule has 1 aromatic rings. The Morgan fingerprint density at radius 3 is 2.73 bits per heavy atom. The van der Waals surface area contributed by atoms with Gasteiger partial charge in [0.05, 0.1) is 0 Å². The van der Waals surface area contributed by atoms with Gasteiger partial charge in [-0.05, 0) is 30.9 Å². The zero-order chi connectivity index (χ0) is 11.1. The van der Waals surface area contributed by atoms with Crippen LogP contribution >= 0.6 is 0 Å². The molecule has 15 heavy (non-hydrogen) atoms. The highest BCUT2D eigenvalue weighted by atomic mass is 16.3. The standard InChI is InChI=1S/C11H15NO3/c12-6-11(15)5-1-2-7-8(11)3-4-9(13)10(7)14/h3-4,13-15H,1-2,5-6,12H2. The summed E-state index contributed by atoms with van der Waals surface area (Å²) in [6.07, 6.45) is 2.02. The first-order valence-electron chi connectivity index (χ1n) is 5.05. The molecule has 4 nitrogen and oxygen atoms in total. The Kier molecular flexibility index (Phi) is 2.32. The summed E-state index contributed by atoms with van der Waals surface area (Å²) >= 11 is 0. The summed E-state index contributed by atoms with van der Waals surface area (Å²) in [5, 5.41) is 29.3. The Balaban J connectivity index is 2.59. The van der Waals surface area contributed by atoms with Gasteiger partial charge in [0, 0.05) is 12.1 Å². The average molecular weight is 209 g/mol. The van der Waals surface area contributed by atoms with Gasteiger partial charge in [-0.1, -0.05) is 6.07 Å². The van der Waals surface area contributed by atoms with Crippen LogP contribution in [0.3, 0.4) is 0 Å². The Morgan fingerprint density at radius 2 is 2.07 bits per heavy atom. The Morgan fingerprint density at radius 1 is 1.33 bits per heavy atom. The van der Waals surface area contributed by atoms with Gasteiger partial charge >= 0.3 is 0 Å². The van der Waals surface area contributed by atoms with Crippen LogP contribution in [0, 0.1) is 0 Å². The van der Waals surface area contributed by atoms with Crippen molar-refractivity contribution in [3.8, 4) is 11.5 Å². The highest BCUT2D eigenvalue weighted by molar-refractivity contribution is 5.52. The van der Waals surface area contributed by atoms with Crippen molar-refractivity contribution in [1.82, 2.24) is 0 Å². The number of fused-ring (bicyclic) bond motifs is 1. The maximum absolute atomic E-state index is 10.2. The minimum atomic E-state index is -1.06. The molecule has 1 aromatic carbocycles. The minimum Gasteiger partial charge on any atom is -0.504 e. The summed E-state index contributed by atoms with van der Waals surface area (Å²) in [5.41, 5.74) is 5.75. The molecule has 0 aromatic heterocycles. The van der Waals surface area contributed by atoms with Gasteiger partial charge in [-0.25, -0.2) is 0 Å². The second-order valence-corrected chi connectivity index (χ2v) is 4.05. The molecule has 0 heterocycles. The Bertz CT molecular complexity index is 392. The fraction of sp³-hybridized carbons (Fsp3) is 0.455. The van der Waals surface area contributed by atoms with Crippen molar-refractivity contribution >= 4 is 0 Å². The van der Waals surface area contributed by atoms with Gasteiger partial charge in [0.1, 0.15) is 5.60 Å². The molecule has 0 aliphatic heterocycles. The van der Waals surface area contributed by atoms with E-state index in [0.29, 0.717) is 24.0 Å². The van der Waals surface area contributed by atoms with E-state index in [2.05, 4.69) is 0 Å². The van der Waals surface area contributed by atoms with E-state index in [-0.39, 0.29) is 18.0 Å². The van der Waals surface area contributed by atoms with Gasteiger partial charge in [-0.3, -0.25) is 0 Å². The lowest BCUT2D eigenvalue weighted by atomic mass is 9.78. The summed E-state index contributed by atoms with van der Waals surface area (Å²) < 4.78 is 0. The van der Waals surface area contributed by atoms with Crippen molar-refractivity contribution in [2.45, 2.75) is 24.9 Å². The molecule has 0 saturated heterocycles. The van der Waals surface area contributed by atoms with Crippen LogP contribution < -0.4 is 5.73 Å². The third-order valence-corrected chi connectivity index (χ3v) is 3.12. The number of benzene rings is 1. The summed E-state index contributed by atoms with van der Waals surface area (Å²) in [4.78, 5) is 0. The van der Waals surface area contributed by atoms with Gasteiger partial charge in [-0.15, -0.1) is 0 Å². The number of rotatable bonds is 1. The van der Waals surface area contributed by atoms with Crippen LogP contribution in [0.15, 0.2) is 12.1 Å². The number of hydrogen-bond donors (Lipinski definition) is 4. The molecular formula is C11H15NO3. The van der Waals surface area contributed by atoms with E-state index in [9.17, 15) is 15.3 Å². The van der Waals surface area contributed by atoms with Crippen molar-refractivity contribution in [1.29, 1.82) is 0 Å². The first kappa shape index (κ1) is 10.3. The SMILES string of the molecule is NCC1(O)CCCc2c1ccc(O)c2O. The maximum atomic E-state index is 10.2. The van der Waals surface area contributed by atoms with Crippen LogP contribution in [-0.2, 0) is 12.0 Å². The minimum absolute atomic E-state index is 0.126. The molecule has 0 fully saturated rings. The number of phenols is 2. The van der Waals surface area contributed by atoms with E-state index < -0.39 is 5.60 Å². The molecule has 0 saturated carbocycles. The van der Waals surface area contributed by atoms with Crippen molar-refractivity contribution in [3.63, 3.8) is 0 Å². The zero-order valence-corrected chi connectivity index (χ0v) is 8.40. The lowest BCUT2D eigenvalue weighted by Gasteiger charge is -2.33. The highest BCUT2D eigenvalue weighted by Crippen LogP contribution is 2.42. The third kappa shape index (κ3) is 1.46. The molecule has 1 unspecified atom stereocenters. The normalized spacial score (nSPS) is 24.9. The lowest BCUT2D eigenvalue weighted by Crippen LogP contribution is -2.38. The summed E-state index contributed by atoms with van der Waals surface area (Å²) in [5.74, 6) is -0.269. The monoisotopic (exact) mass is 209 g/mol. The molecule has 1 aliphatic rings. The van der Waals surface area contributed by atoms with E-state index in [1.165, 1.54) is 6.07 Å². The summed E-state index contributed by atoms with van der Waals surface area (Å²) in [7, 11) is 0. The van der Waals surface area contributed by atoms with Gasteiger partial charge in [0.15, 0.2) is 11.5 Å². The second kappa shape index (κ2) is 3.40. The predicted octanol–water partition coefficient (Wildman–Crippen LogP) is 0.580. The predicted molar refractivity (Wildman–Crippen MR) is 55.7 cm³/mol. The number of nitrogens with two attached hydrogens (primary N) is 1. The van der Waals surface area contributed by atoms with Gasteiger partial charge in [0.25, 0.3) is 0 Å². The quantitative estimate of drug-likeness (QED) is 0.509. The summed E-state index contributed by atoms with van der Waals surface area (Å²) in [6.45, 7) is 0.129. The molecule has 0 spiro atoms. The van der Waals surface area contributed by atoms with Gasteiger partial charge in [-0.2, -0.15) is 0 Å². The largest absolute Gasteiger partial charge is 0.504 e. The molecular weight excluding hydrogens is 194 g/mol. The number of hydrogen-bond acceptors (Lipinski definition) is 4. The summed E-state index contributed by atoms with van der Waals surface area (Å²) in [6, 6.07) is 3.02. The third-order valence-electron chi connectivity index (χ3n) is 3.12. The number of aliphatic hydroxyl groups is 1. The molecule has 1 aliphatic carbocycles. The van der Waals surface area contributed by atoms with E-state index in [4.69, 9.17) is 5.73 Å². The van der Waals surface area contributed by atoms with Crippen LogP contribution in [0.5, 0.6) is 11.5 Å². The topological polar surface area (TPSA) is 86.7 Å². The number of aromatic hydroxyl groups is 2. The van der Waals surface area contributed by atoms with Gasteiger partial charge < -0.3 is 21.1 Å². The lowest BCUT2D eigenvalue weighted by molar-refractivity contribution is 0.0274. The first-order valence-corrected chi connectivity index (χ1v) is 5.05. The van der Waals surface area contributed by atoms with Crippen LogP contribution in [0.1, 0.15) is 24.0 Å².